The molecular weight excluding hydrogens is 186 g/mol. The lowest BCUT2D eigenvalue weighted by Crippen LogP contribution is -2.02. The Kier molecular flexibility index (Phi) is 2.36. The van der Waals surface area contributed by atoms with Crippen LogP contribution < -0.4 is 5.32 Å². The number of nitrogens with zero attached hydrogens (tertiary/aromatic N) is 2. The van der Waals surface area contributed by atoms with Crippen LogP contribution in [0, 0.1) is 0 Å². The molecule has 1 N–H and O–H groups in total. The maximum Gasteiger partial charge on any atom is 0.135 e. The fraction of sp³-hybridized carbons (Fsp3) is 0.556. The second-order valence-electron chi connectivity index (χ2n) is 3.24. The van der Waals surface area contributed by atoms with Crippen molar-refractivity contribution in [2.75, 3.05) is 11.9 Å². The molecular formula is C9H12ClN3. The molecule has 0 saturated heterocycles. The molecule has 0 aliphatic heterocycles. The molecule has 2 rings (SSSR count). The predicted molar refractivity (Wildman–Crippen MR) is 53.2 cm³/mol. The molecule has 1 aromatic heterocycles. The number of hydrogen-bond donors (Lipinski definition) is 1. The van der Waals surface area contributed by atoms with E-state index in [0.717, 1.165) is 18.2 Å². The van der Waals surface area contributed by atoms with Gasteiger partial charge in [-0.2, -0.15) is 0 Å². The van der Waals surface area contributed by atoms with Crippen molar-refractivity contribution in [1.82, 2.24) is 9.97 Å². The van der Waals surface area contributed by atoms with Crippen LogP contribution in [0.4, 0.5) is 5.82 Å². The smallest absolute Gasteiger partial charge is 0.135 e. The van der Waals surface area contributed by atoms with Crippen LogP contribution in [0.2, 0.25) is 5.15 Å². The summed E-state index contributed by atoms with van der Waals surface area (Å²) in [5, 5.41) is 3.67. The number of halogens is 1. The van der Waals surface area contributed by atoms with Gasteiger partial charge in [0.1, 0.15) is 16.8 Å². The first-order valence-electron chi connectivity index (χ1n) is 4.58. The lowest BCUT2D eigenvalue weighted by molar-refractivity contribution is 0.924. The maximum atomic E-state index is 5.87. The molecule has 0 amide bonds. The molecule has 3 nitrogen and oxygen atoms in total. The quantitative estimate of drug-likeness (QED) is 0.757. The SMILES string of the molecule is CCNc1cc(Cl)nc(C2CC2)n1. The summed E-state index contributed by atoms with van der Waals surface area (Å²) in [6.07, 6.45) is 2.40. The number of hydrogen-bond acceptors (Lipinski definition) is 3. The molecule has 4 heteroatoms. The van der Waals surface area contributed by atoms with Crippen LogP contribution in [-0.4, -0.2) is 16.5 Å². The molecule has 0 unspecified atom stereocenters. The van der Waals surface area contributed by atoms with Gasteiger partial charge in [-0.1, -0.05) is 11.6 Å². The molecule has 1 aliphatic rings. The van der Waals surface area contributed by atoms with Crippen molar-refractivity contribution >= 4 is 17.4 Å². The van der Waals surface area contributed by atoms with E-state index in [2.05, 4.69) is 15.3 Å². The standard InChI is InChI=1S/C9H12ClN3/c1-2-11-8-5-7(10)12-9(13-8)6-3-4-6/h5-6H,2-4H2,1H3,(H,11,12,13). The second kappa shape index (κ2) is 3.50. The van der Waals surface area contributed by atoms with E-state index < -0.39 is 0 Å². The zero-order valence-electron chi connectivity index (χ0n) is 7.55. The summed E-state index contributed by atoms with van der Waals surface area (Å²) in [4.78, 5) is 8.57. The van der Waals surface area contributed by atoms with Crippen molar-refractivity contribution < 1.29 is 0 Å². The van der Waals surface area contributed by atoms with Crippen molar-refractivity contribution in [3.05, 3.63) is 17.0 Å². The van der Waals surface area contributed by atoms with Gasteiger partial charge < -0.3 is 5.32 Å². The fourth-order valence-corrected chi connectivity index (χ4v) is 1.42. The molecule has 13 heavy (non-hydrogen) atoms. The lowest BCUT2D eigenvalue weighted by atomic mass is 10.4. The van der Waals surface area contributed by atoms with Crippen LogP contribution in [0.3, 0.4) is 0 Å². The van der Waals surface area contributed by atoms with Gasteiger partial charge in [0.05, 0.1) is 0 Å². The average molecular weight is 198 g/mol. The Balaban J connectivity index is 2.25. The molecule has 0 spiro atoms. The van der Waals surface area contributed by atoms with E-state index in [9.17, 15) is 0 Å². The van der Waals surface area contributed by atoms with E-state index in [-0.39, 0.29) is 0 Å². The third-order valence-corrected chi connectivity index (χ3v) is 2.21. The van der Waals surface area contributed by atoms with Crippen molar-refractivity contribution in [2.24, 2.45) is 0 Å². The zero-order chi connectivity index (χ0) is 9.26. The summed E-state index contributed by atoms with van der Waals surface area (Å²) >= 11 is 5.87. The number of anilines is 1. The topological polar surface area (TPSA) is 37.8 Å². The Morgan fingerprint density at radius 3 is 2.92 bits per heavy atom. The Morgan fingerprint density at radius 2 is 2.31 bits per heavy atom. The predicted octanol–water partition coefficient (Wildman–Crippen LogP) is 2.44. The van der Waals surface area contributed by atoms with E-state index in [4.69, 9.17) is 11.6 Å². The maximum absolute atomic E-state index is 5.87. The normalized spacial score (nSPS) is 15.8. The summed E-state index contributed by atoms with van der Waals surface area (Å²) < 4.78 is 0. The molecule has 0 aromatic carbocycles. The van der Waals surface area contributed by atoms with Gasteiger partial charge in [0.2, 0.25) is 0 Å². The molecule has 0 radical (unpaired) electrons. The van der Waals surface area contributed by atoms with Gasteiger partial charge in [-0.15, -0.1) is 0 Å². The minimum atomic E-state index is 0.535. The van der Waals surface area contributed by atoms with Crippen molar-refractivity contribution in [3.8, 4) is 0 Å². The number of aromatic nitrogens is 2. The number of nitrogens with one attached hydrogen (secondary N) is 1. The molecule has 1 saturated carbocycles. The fourth-order valence-electron chi connectivity index (χ4n) is 1.23. The highest BCUT2D eigenvalue weighted by atomic mass is 35.5. The average Bonchev–Trinajstić information content (AvgIpc) is 2.85. The van der Waals surface area contributed by atoms with E-state index >= 15 is 0 Å². The molecule has 1 aromatic rings. The van der Waals surface area contributed by atoms with Gasteiger partial charge in [0, 0.05) is 18.5 Å². The van der Waals surface area contributed by atoms with Crippen molar-refractivity contribution in [2.45, 2.75) is 25.7 Å². The Labute approximate surface area is 82.5 Å². The third-order valence-electron chi connectivity index (χ3n) is 2.01. The Hall–Kier alpha value is -0.830. The van der Waals surface area contributed by atoms with Crippen LogP contribution in [0.25, 0.3) is 0 Å². The minimum absolute atomic E-state index is 0.535. The molecule has 1 heterocycles. The van der Waals surface area contributed by atoms with Gasteiger partial charge in [-0.05, 0) is 19.8 Å². The molecule has 0 bridgehead atoms. The van der Waals surface area contributed by atoms with E-state index in [1.807, 2.05) is 6.92 Å². The van der Waals surface area contributed by atoms with Crippen LogP contribution >= 0.6 is 11.6 Å². The third kappa shape index (κ3) is 2.10. The first-order chi connectivity index (χ1) is 6.29. The number of rotatable bonds is 3. The van der Waals surface area contributed by atoms with Gasteiger partial charge in [0.25, 0.3) is 0 Å². The van der Waals surface area contributed by atoms with Crippen LogP contribution in [0.15, 0.2) is 6.07 Å². The Bertz CT molecular complexity index is 310. The molecule has 1 fully saturated rings. The van der Waals surface area contributed by atoms with E-state index in [1.165, 1.54) is 12.8 Å². The summed E-state index contributed by atoms with van der Waals surface area (Å²) in [5.41, 5.74) is 0. The highest BCUT2D eigenvalue weighted by Crippen LogP contribution is 2.38. The minimum Gasteiger partial charge on any atom is -0.370 e. The van der Waals surface area contributed by atoms with Crippen LogP contribution in [0.5, 0.6) is 0 Å². The van der Waals surface area contributed by atoms with Crippen molar-refractivity contribution in [1.29, 1.82) is 0 Å². The Morgan fingerprint density at radius 1 is 1.54 bits per heavy atom. The molecule has 1 aliphatic carbocycles. The van der Waals surface area contributed by atoms with Crippen LogP contribution in [0.1, 0.15) is 31.5 Å². The first kappa shape index (κ1) is 8.75. The highest BCUT2D eigenvalue weighted by Gasteiger charge is 2.27. The largest absolute Gasteiger partial charge is 0.370 e. The first-order valence-corrected chi connectivity index (χ1v) is 4.95. The van der Waals surface area contributed by atoms with Gasteiger partial charge >= 0.3 is 0 Å². The van der Waals surface area contributed by atoms with Crippen molar-refractivity contribution in [3.63, 3.8) is 0 Å². The highest BCUT2D eigenvalue weighted by molar-refractivity contribution is 6.29. The van der Waals surface area contributed by atoms with E-state index in [0.29, 0.717) is 11.1 Å². The summed E-state index contributed by atoms with van der Waals surface area (Å²) in [5.74, 6) is 2.28. The van der Waals surface area contributed by atoms with E-state index in [1.54, 1.807) is 6.07 Å². The van der Waals surface area contributed by atoms with Crippen LogP contribution in [-0.2, 0) is 0 Å². The summed E-state index contributed by atoms with van der Waals surface area (Å²) in [6.45, 7) is 2.89. The summed E-state index contributed by atoms with van der Waals surface area (Å²) in [7, 11) is 0. The molecule has 70 valence electrons. The van der Waals surface area contributed by atoms with Gasteiger partial charge in [-0.25, -0.2) is 9.97 Å². The zero-order valence-corrected chi connectivity index (χ0v) is 8.30. The van der Waals surface area contributed by atoms with Gasteiger partial charge in [-0.3, -0.25) is 0 Å². The monoisotopic (exact) mass is 197 g/mol. The lowest BCUT2D eigenvalue weighted by Gasteiger charge is -2.04. The van der Waals surface area contributed by atoms with Gasteiger partial charge in [0.15, 0.2) is 0 Å². The molecule has 0 atom stereocenters. The summed E-state index contributed by atoms with van der Waals surface area (Å²) in [6, 6.07) is 1.76. The second-order valence-corrected chi connectivity index (χ2v) is 3.63.